The highest BCUT2D eigenvalue weighted by atomic mass is 14.0. The van der Waals surface area contributed by atoms with E-state index in [-0.39, 0.29) is 0 Å². The predicted molar refractivity (Wildman–Crippen MR) is 58.7 cm³/mol. The first-order valence-corrected chi connectivity index (χ1v) is 5.13. The monoisotopic (exact) mass is 175 g/mol. The lowest BCUT2D eigenvalue weighted by atomic mass is 9.99. The van der Waals surface area contributed by atoms with E-state index < -0.39 is 0 Å². The van der Waals surface area contributed by atoms with Crippen LogP contribution in [-0.4, -0.2) is 0 Å². The summed E-state index contributed by atoms with van der Waals surface area (Å²) >= 11 is 0. The molecular formula is C13H19. The Morgan fingerprint density at radius 3 is 2.62 bits per heavy atom. The van der Waals surface area contributed by atoms with Crippen molar-refractivity contribution >= 4 is 0 Å². The molecule has 0 fully saturated rings. The van der Waals surface area contributed by atoms with Crippen molar-refractivity contribution in [1.29, 1.82) is 0 Å². The topological polar surface area (TPSA) is 0 Å². The fourth-order valence-corrected chi connectivity index (χ4v) is 1.42. The molecule has 0 spiro atoms. The molecule has 0 N–H and O–H groups in total. The molecule has 0 heteroatoms. The second-order valence-corrected chi connectivity index (χ2v) is 3.80. The van der Waals surface area contributed by atoms with Gasteiger partial charge in [0, 0.05) is 0 Å². The number of rotatable bonds is 4. The van der Waals surface area contributed by atoms with Gasteiger partial charge < -0.3 is 0 Å². The molecule has 0 bridgehead atoms. The second-order valence-electron chi connectivity index (χ2n) is 3.80. The smallest absolute Gasteiger partial charge is 0.00119 e. The second kappa shape index (κ2) is 5.06. The summed E-state index contributed by atoms with van der Waals surface area (Å²) in [5.74, 6) is 1.40. The maximum atomic E-state index is 2.31. The van der Waals surface area contributed by atoms with Crippen molar-refractivity contribution in [2.45, 2.75) is 40.0 Å². The quantitative estimate of drug-likeness (QED) is 0.649. The Morgan fingerprint density at radius 2 is 2.00 bits per heavy atom. The molecule has 0 nitrogen and oxygen atoms in total. The lowest BCUT2D eigenvalue weighted by molar-refractivity contribution is 0.794. The predicted octanol–water partition coefficient (Wildman–Crippen LogP) is 3.99. The fraction of sp³-hybridized carbons (Fsp3) is 0.462. The Kier molecular flexibility index (Phi) is 4.01. The van der Waals surface area contributed by atoms with Gasteiger partial charge in [0.2, 0.25) is 0 Å². The van der Waals surface area contributed by atoms with E-state index >= 15 is 0 Å². The highest BCUT2D eigenvalue weighted by Crippen LogP contribution is 2.15. The van der Waals surface area contributed by atoms with Crippen LogP contribution >= 0.6 is 0 Å². The standard InChI is InChI=1S/C13H19/c1-4-5-7-12-8-6-9-13(10-12)11(2)3/h6,8-10H,4-5,7H2,1-3H3. The zero-order valence-electron chi connectivity index (χ0n) is 8.93. The molecule has 1 rings (SSSR count). The zero-order chi connectivity index (χ0) is 9.68. The third kappa shape index (κ3) is 3.22. The molecule has 0 aromatic heterocycles. The van der Waals surface area contributed by atoms with Crippen molar-refractivity contribution < 1.29 is 0 Å². The summed E-state index contributed by atoms with van der Waals surface area (Å²) in [7, 11) is 0. The summed E-state index contributed by atoms with van der Waals surface area (Å²) in [5.41, 5.74) is 2.86. The van der Waals surface area contributed by atoms with Gasteiger partial charge in [-0.3, -0.25) is 0 Å². The van der Waals surface area contributed by atoms with E-state index in [1.165, 1.54) is 36.3 Å². The van der Waals surface area contributed by atoms with Crippen LogP contribution in [0.1, 0.15) is 44.7 Å². The average Bonchev–Trinajstić information content (AvgIpc) is 2.15. The Bertz CT molecular complexity index is 248. The summed E-state index contributed by atoms with van der Waals surface area (Å²) in [6.45, 7) is 6.57. The van der Waals surface area contributed by atoms with Crippen LogP contribution in [-0.2, 0) is 6.42 Å². The summed E-state index contributed by atoms with van der Waals surface area (Å²) in [4.78, 5) is 0. The third-order valence-corrected chi connectivity index (χ3v) is 2.32. The fourth-order valence-electron chi connectivity index (χ4n) is 1.42. The molecule has 71 valence electrons. The molecule has 0 saturated carbocycles. The summed E-state index contributed by atoms with van der Waals surface area (Å²) in [5, 5.41) is 0. The zero-order valence-corrected chi connectivity index (χ0v) is 8.93. The Balaban J connectivity index is 2.68. The minimum atomic E-state index is 1.22. The first kappa shape index (κ1) is 10.3. The highest BCUT2D eigenvalue weighted by Gasteiger charge is 1.99. The molecule has 13 heavy (non-hydrogen) atoms. The Hall–Kier alpha value is -0.780. The van der Waals surface area contributed by atoms with Crippen molar-refractivity contribution in [2.75, 3.05) is 0 Å². The molecule has 0 heterocycles. The van der Waals surface area contributed by atoms with Gasteiger partial charge in [0.15, 0.2) is 0 Å². The minimum absolute atomic E-state index is 1.22. The van der Waals surface area contributed by atoms with E-state index in [0.29, 0.717) is 0 Å². The van der Waals surface area contributed by atoms with Gasteiger partial charge in [-0.2, -0.15) is 0 Å². The maximum absolute atomic E-state index is 2.31. The number of aryl methyl sites for hydroxylation is 1. The molecule has 0 aliphatic carbocycles. The van der Waals surface area contributed by atoms with Crippen LogP contribution in [0.3, 0.4) is 0 Å². The largest absolute Gasteiger partial charge is 0.0654 e. The van der Waals surface area contributed by atoms with Crippen molar-refractivity contribution in [3.8, 4) is 0 Å². The Morgan fingerprint density at radius 1 is 1.23 bits per heavy atom. The molecule has 0 aliphatic heterocycles. The van der Waals surface area contributed by atoms with Crippen molar-refractivity contribution in [3.05, 3.63) is 41.3 Å². The first-order valence-electron chi connectivity index (χ1n) is 5.13. The average molecular weight is 175 g/mol. The number of benzene rings is 1. The van der Waals surface area contributed by atoms with Crippen LogP contribution in [0.15, 0.2) is 24.3 Å². The van der Waals surface area contributed by atoms with Crippen LogP contribution < -0.4 is 0 Å². The molecule has 0 amide bonds. The van der Waals surface area contributed by atoms with Crippen LogP contribution in [0.2, 0.25) is 0 Å². The van der Waals surface area contributed by atoms with E-state index in [2.05, 4.69) is 45.0 Å². The van der Waals surface area contributed by atoms with Gasteiger partial charge in [0.05, 0.1) is 0 Å². The lowest BCUT2D eigenvalue weighted by Crippen LogP contribution is -1.91. The molecule has 0 saturated heterocycles. The van der Waals surface area contributed by atoms with Crippen molar-refractivity contribution in [2.24, 2.45) is 0 Å². The molecule has 1 radical (unpaired) electrons. The Labute approximate surface area is 82.0 Å². The summed E-state index contributed by atoms with van der Waals surface area (Å²) < 4.78 is 0. The van der Waals surface area contributed by atoms with Crippen LogP contribution in [0.5, 0.6) is 0 Å². The van der Waals surface area contributed by atoms with Gasteiger partial charge in [0.25, 0.3) is 0 Å². The number of unbranched alkanes of at least 4 members (excludes halogenated alkanes) is 1. The summed E-state index contributed by atoms with van der Waals surface area (Å²) in [6, 6.07) is 8.88. The third-order valence-electron chi connectivity index (χ3n) is 2.32. The van der Waals surface area contributed by atoms with E-state index in [9.17, 15) is 0 Å². The first-order chi connectivity index (χ1) is 6.24. The highest BCUT2D eigenvalue weighted by molar-refractivity contribution is 5.32. The van der Waals surface area contributed by atoms with E-state index in [1.807, 2.05) is 0 Å². The molecular weight excluding hydrogens is 156 g/mol. The van der Waals surface area contributed by atoms with E-state index in [0.717, 1.165) is 0 Å². The normalized spacial score (nSPS) is 10.8. The van der Waals surface area contributed by atoms with Crippen LogP contribution in [0.4, 0.5) is 0 Å². The number of hydrogen-bond acceptors (Lipinski definition) is 0. The van der Waals surface area contributed by atoms with Gasteiger partial charge in [-0.1, -0.05) is 51.5 Å². The minimum Gasteiger partial charge on any atom is -0.0654 e. The molecule has 0 aliphatic rings. The van der Waals surface area contributed by atoms with Gasteiger partial charge in [-0.25, -0.2) is 0 Å². The SMILES string of the molecule is CCCCc1cccc([C](C)C)c1. The van der Waals surface area contributed by atoms with Gasteiger partial charge in [0.1, 0.15) is 0 Å². The molecule has 0 unspecified atom stereocenters. The summed E-state index contributed by atoms with van der Waals surface area (Å²) in [6.07, 6.45) is 3.79. The molecule has 0 atom stereocenters. The molecule has 1 aromatic carbocycles. The maximum Gasteiger partial charge on any atom is -0.00119 e. The van der Waals surface area contributed by atoms with Gasteiger partial charge in [-0.15, -0.1) is 0 Å². The number of hydrogen-bond donors (Lipinski definition) is 0. The van der Waals surface area contributed by atoms with Crippen molar-refractivity contribution in [1.82, 2.24) is 0 Å². The molecule has 1 aromatic rings. The lowest BCUT2D eigenvalue weighted by Gasteiger charge is -2.06. The van der Waals surface area contributed by atoms with Crippen LogP contribution in [0, 0.1) is 5.92 Å². The van der Waals surface area contributed by atoms with Crippen molar-refractivity contribution in [3.63, 3.8) is 0 Å². The van der Waals surface area contributed by atoms with Gasteiger partial charge >= 0.3 is 0 Å². The van der Waals surface area contributed by atoms with Gasteiger partial charge in [-0.05, 0) is 29.9 Å². The van der Waals surface area contributed by atoms with E-state index in [4.69, 9.17) is 0 Å². The van der Waals surface area contributed by atoms with E-state index in [1.54, 1.807) is 0 Å². The van der Waals surface area contributed by atoms with Crippen LogP contribution in [0.25, 0.3) is 0 Å².